The Kier molecular flexibility index (Phi) is 3.51. The fourth-order valence-electron chi connectivity index (χ4n) is 1.81. The fourth-order valence-corrected chi connectivity index (χ4v) is 1.81. The zero-order valence-electron chi connectivity index (χ0n) is 10.9. The maximum Gasteiger partial charge on any atom is 0.250 e. The molecule has 0 fully saturated rings. The van der Waals surface area contributed by atoms with Gasteiger partial charge in [0.1, 0.15) is 5.75 Å². The van der Waals surface area contributed by atoms with Crippen molar-refractivity contribution < 1.29 is 4.74 Å². The van der Waals surface area contributed by atoms with Crippen LogP contribution in [0.1, 0.15) is 19.4 Å². The molecule has 18 heavy (non-hydrogen) atoms. The minimum Gasteiger partial charge on any atom is -0.490 e. The molecule has 94 valence electrons. The lowest BCUT2D eigenvalue weighted by Crippen LogP contribution is -2.09. The first-order valence-electron chi connectivity index (χ1n) is 6.03. The molecule has 2 aromatic rings. The zero-order valence-corrected chi connectivity index (χ0v) is 10.9. The SMILES string of the molecule is Cc1cc(-c2ccccc2OC(C)C)c[nH]c1=O. The molecule has 1 heterocycles. The van der Waals surface area contributed by atoms with Crippen LogP contribution in [0.25, 0.3) is 11.1 Å². The standard InChI is InChI=1S/C15H17NO2/c1-10(2)18-14-7-5-4-6-13(14)12-8-11(3)15(17)16-9-12/h4-10H,1-3H3,(H,16,17). The van der Waals surface area contributed by atoms with Crippen molar-refractivity contribution in [3.05, 3.63) is 52.4 Å². The number of hydrogen-bond acceptors (Lipinski definition) is 2. The third kappa shape index (κ3) is 2.62. The predicted octanol–water partition coefficient (Wildman–Crippen LogP) is 3.14. The quantitative estimate of drug-likeness (QED) is 0.899. The Bertz CT molecular complexity index is 599. The molecule has 0 saturated carbocycles. The molecule has 0 unspecified atom stereocenters. The summed E-state index contributed by atoms with van der Waals surface area (Å²) in [7, 11) is 0. The van der Waals surface area contributed by atoms with Crippen molar-refractivity contribution in [3.8, 4) is 16.9 Å². The van der Waals surface area contributed by atoms with Gasteiger partial charge in [0.25, 0.3) is 5.56 Å². The second kappa shape index (κ2) is 5.08. The number of ether oxygens (including phenoxy) is 1. The molecule has 0 atom stereocenters. The van der Waals surface area contributed by atoms with E-state index in [0.717, 1.165) is 16.9 Å². The van der Waals surface area contributed by atoms with Gasteiger partial charge in [0.2, 0.25) is 0 Å². The molecule has 3 nitrogen and oxygen atoms in total. The third-order valence-corrected chi connectivity index (χ3v) is 2.65. The molecule has 0 aliphatic carbocycles. The van der Waals surface area contributed by atoms with E-state index in [1.807, 2.05) is 44.2 Å². The van der Waals surface area contributed by atoms with E-state index in [1.54, 1.807) is 13.1 Å². The van der Waals surface area contributed by atoms with Crippen LogP contribution in [0.5, 0.6) is 5.75 Å². The molecule has 0 aliphatic heterocycles. The van der Waals surface area contributed by atoms with E-state index in [9.17, 15) is 4.79 Å². The van der Waals surface area contributed by atoms with Gasteiger partial charge < -0.3 is 9.72 Å². The van der Waals surface area contributed by atoms with E-state index in [2.05, 4.69) is 4.98 Å². The summed E-state index contributed by atoms with van der Waals surface area (Å²) in [6.07, 6.45) is 1.84. The molecule has 0 saturated heterocycles. The molecule has 0 aliphatic rings. The Morgan fingerprint density at radius 3 is 2.61 bits per heavy atom. The van der Waals surface area contributed by atoms with Gasteiger partial charge in [-0.3, -0.25) is 4.79 Å². The lowest BCUT2D eigenvalue weighted by atomic mass is 10.1. The number of hydrogen-bond donors (Lipinski definition) is 1. The van der Waals surface area contributed by atoms with Crippen LogP contribution in [0.15, 0.2) is 41.3 Å². The highest BCUT2D eigenvalue weighted by molar-refractivity contribution is 5.70. The van der Waals surface area contributed by atoms with E-state index < -0.39 is 0 Å². The van der Waals surface area contributed by atoms with E-state index in [4.69, 9.17) is 4.74 Å². The number of nitrogens with one attached hydrogen (secondary N) is 1. The van der Waals surface area contributed by atoms with Crippen molar-refractivity contribution in [2.75, 3.05) is 0 Å². The predicted molar refractivity (Wildman–Crippen MR) is 73.0 cm³/mol. The van der Waals surface area contributed by atoms with Gasteiger partial charge in [-0.05, 0) is 32.9 Å². The highest BCUT2D eigenvalue weighted by Crippen LogP contribution is 2.29. The normalized spacial score (nSPS) is 10.7. The fraction of sp³-hybridized carbons (Fsp3) is 0.267. The summed E-state index contributed by atoms with van der Waals surface area (Å²) in [5.74, 6) is 0.832. The van der Waals surface area contributed by atoms with Crippen molar-refractivity contribution in [2.24, 2.45) is 0 Å². The van der Waals surface area contributed by atoms with E-state index in [-0.39, 0.29) is 11.7 Å². The maximum absolute atomic E-state index is 11.4. The first-order chi connectivity index (χ1) is 8.58. The number of rotatable bonds is 3. The van der Waals surface area contributed by atoms with Crippen LogP contribution in [0, 0.1) is 6.92 Å². The van der Waals surface area contributed by atoms with E-state index in [0.29, 0.717) is 5.56 Å². The van der Waals surface area contributed by atoms with Crippen LogP contribution in [-0.4, -0.2) is 11.1 Å². The van der Waals surface area contributed by atoms with Crippen LogP contribution >= 0.6 is 0 Å². The molecule has 0 radical (unpaired) electrons. The second-order valence-corrected chi connectivity index (χ2v) is 4.56. The molecule has 1 aromatic carbocycles. The van der Waals surface area contributed by atoms with Gasteiger partial charge in [-0.2, -0.15) is 0 Å². The van der Waals surface area contributed by atoms with E-state index >= 15 is 0 Å². The molecule has 0 amide bonds. The largest absolute Gasteiger partial charge is 0.490 e. The average Bonchev–Trinajstić information content (AvgIpc) is 2.33. The van der Waals surface area contributed by atoms with Crippen molar-refractivity contribution >= 4 is 0 Å². The number of aromatic amines is 1. The summed E-state index contributed by atoms with van der Waals surface area (Å²) >= 11 is 0. The minimum absolute atomic E-state index is 0.0546. The Morgan fingerprint density at radius 2 is 1.94 bits per heavy atom. The van der Waals surface area contributed by atoms with Gasteiger partial charge in [0.05, 0.1) is 6.10 Å². The number of benzene rings is 1. The first kappa shape index (κ1) is 12.4. The number of aromatic nitrogens is 1. The second-order valence-electron chi connectivity index (χ2n) is 4.56. The Labute approximate surface area is 106 Å². The lowest BCUT2D eigenvalue weighted by Gasteiger charge is -2.14. The third-order valence-electron chi connectivity index (χ3n) is 2.65. The van der Waals surface area contributed by atoms with Crippen LogP contribution in [0.4, 0.5) is 0 Å². The van der Waals surface area contributed by atoms with Crippen molar-refractivity contribution in [1.82, 2.24) is 4.98 Å². The van der Waals surface area contributed by atoms with Crippen molar-refractivity contribution in [3.63, 3.8) is 0 Å². The van der Waals surface area contributed by atoms with Crippen molar-refractivity contribution in [2.45, 2.75) is 26.9 Å². The number of pyridine rings is 1. The Balaban J connectivity index is 2.49. The molecular formula is C15H17NO2. The Hall–Kier alpha value is -2.03. The highest BCUT2D eigenvalue weighted by Gasteiger charge is 2.08. The number of aryl methyl sites for hydroxylation is 1. The number of H-pyrrole nitrogens is 1. The van der Waals surface area contributed by atoms with Gasteiger partial charge in [-0.15, -0.1) is 0 Å². The van der Waals surface area contributed by atoms with Crippen molar-refractivity contribution in [1.29, 1.82) is 0 Å². The summed E-state index contributed by atoms with van der Waals surface area (Å²) in [5, 5.41) is 0. The smallest absolute Gasteiger partial charge is 0.250 e. The summed E-state index contributed by atoms with van der Waals surface area (Å²) in [5.41, 5.74) is 2.60. The average molecular weight is 243 g/mol. The molecule has 1 N–H and O–H groups in total. The van der Waals surface area contributed by atoms with Gasteiger partial charge in [0, 0.05) is 22.9 Å². The maximum atomic E-state index is 11.4. The molecule has 0 bridgehead atoms. The lowest BCUT2D eigenvalue weighted by molar-refractivity contribution is 0.243. The zero-order chi connectivity index (χ0) is 13.1. The van der Waals surface area contributed by atoms with Gasteiger partial charge >= 0.3 is 0 Å². The molecule has 1 aromatic heterocycles. The molecule has 0 spiro atoms. The van der Waals surface area contributed by atoms with Crippen LogP contribution in [0.2, 0.25) is 0 Å². The summed E-state index contributed by atoms with van der Waals surface area (Å²) in [4.78, 5) is 14.1. The Morgan fingerprint density at radius 1 is 1.22 bits per heavy atom. The van der Waals surface area contributed by atoms with Crippen LogP contribution in [-0.2, 0) is 0 Å². The monoisotopic (exact) mass is 243 g/mol. The molecular weight excluding hydrogens is 226 g/mol. The summed E-state index contributed by atoms with van der Waals surface area (Å²) in [6, 6.07) is 9.71. The molecule has 2 rings (SSSR count). The first-order valence-corrected chi connectivity index (χ1v) is 6.03. The van der Waals surface area contributed by atoms with Gasteiger partial charge in [-0.1, -0.05) is 18.2 Å². The van der Waals surface area contributed by atoms with Crippen LogP contribution < -0.4 is 10.3 Å². The summed E-state index contributed by atoms with van der Waals surface area (Å²) < 4.78 is 5.78. The van der Waals surface area contributed by atoms with Gasteiger partial charge in [-0.25, -0.2) is 0 Å². The number of para-hydroxylation sites is 1. The highest BCUT2D eigenvalue weighted by atomic mass is 16.5. The van der Waals surface area contributed by atoms with Crippen LogP contribution in [0.3, 0.4) is 0 Å². The van der Waals surface area contributed by atoms with Gasteiger partial charge in [0.15, 0.2) is 0 Å². The summed E-state index contributed by atoms with van der Waals surface area (Å²) in [6.45, 7) is 5.79. The minimum atomic E-state index is -0.0546. The molecule has 3 heteroatoms. The van der Waals surface area contributed by atoms with E-state index in [1.165, 1.54) is 0 Å². The topological polar surface area (TPSA) is 42.1 Å².